The van der Waals surface area contributed by atoms with Crippen LogP contribution in [0.4, 0.5) is 5.69 Å². The SMILES string of the molecule is CO[C@@H]1CN(C)C(=O)c2ccc(NS(C)(=O)=O)cc2OC[C@H](C)N(CC2CCCCC2)C[C@H]1C. The van der Waals surface area contributed by atoms with Crippen molar-refractivity contribution in [2.24, 2.45) is 11.8 Å². The monoisotopic (exact) mass is 495 g/mol. The Balaban J connectivity index is 1.91. The minimum Gasteiger partial charge on any atom is -0.491 e. The molecule has 192 valence electrons. The maximum atomic E-state index is 13.3. The lowest BCUT2D eigenvalue weighted by Crippen LogP contribution is -2.48. The third-order valence-electron chi connectivity index (χ3n) is 7.10. The van der Waals surface area contributed by atoms with Crippen molar-refractivity contribution < 1.29 is 22.7 Å². The average Bonchev–Trinajstić information content (AvgIpc) is 2.79. The molecule has 1 aliphatic heterocycles. The second kappa shape index (κ2) is 11.7. The summed E-state index contributed by atoms with van der Waals surface area (Å²) in [4.78, 5) is 17.4. The van der Waals surface area contributed by atoms with Gasteiger partial charge >= 0.3 is 0 Å². The van der Waals surface area contributed by atoms with Gasteiger partial charge in [0.05, 0.1) is 23.6 Å². The fraction of sp³-hybridized carbons (Fsp3) is 0.720. The normalized spacial score (nSPS) is 26.2. The van der Waals surface area contributed by atoms with Gasteiger partial charge in [-0.15, -0.1) is 0 Å². The van der Waals surface area contributed by atoms with Crippen LogP contribution in [0.25, 0.3) is 0 Å². The van der Waals surface area contributed by atoms with Gasteiger partial charge in [0.25, 0.3) is 5.91 Å². The van der Waals surface area contributed by atoms with Gasteiger partial charge in [0.1, 0.15) is 12.4 Å². The van der Waals surface area contributed by atoms with Gasteiger partial charge in [-0.05, 0) is 43.7 Å². The summed E-state index contributed by atoms with van der Waals surface area (Å²) in [5.41, 5.74) is 0.787. The Labute approximate surface area is 205 Å². The molecular weight excluding hydrogens is 454 g/mol. The molecule has 0 bridgehead atoms. The Morgan fingerprint density at radius 3 is 2.50 bits per heavy atom. The molecule has 1 fully saturated rings. The molecule has 3 rings (SSSR count). The predicted octanol–water partition coefficient (Wildman–Crippen LogP) is 3.44. The van der Waals surface area contributed by atoms with E-state index < -0.39 is 10.0 Å². The predicted molar refractivity (Wildman–Crippen MR) is 135 cm³/mol. The van der Waals surface area contributed by atoms with Crippen molar-refractivity contribution in [3.05, 3.63) is 23.8 Å². The number of ether oxygens (including phenoxy) is 2. The number of carbonyl (C=O) groups excluding carboxylic acids is 1. The highest BCUT2D eigenvalue weighted by molar-refractivity contribution is 7.92. The molecular formula is C25H41N3O5S. The van der Waals surface area contributed by atoms with Crippen LogP contribution in [-0.4, -0.2) is 82.9 Å². The number of sulfonamides is 1. The quantitative estimate of drug-likeness (QED) is 0.673. The van der Waals surface area contributed by atoms with Crippen molar-refractivity contribution >= 4 is 21.6 Å². The van der Waals surface area contributed by atoms with Crippen LogP contribution in [0.15, 0.2) is 18.2 Å². The summed E-state index contributed by atoms with van der Waals surface area (Å²) < 4.78 is 38.0. The van der Waals surface area contributed by atoms with Crippen molar-refractivity contribution in [1.29, 1.82) is 0 Å². The zero-order chi connectivity index (χ0) is 24.9. The van der Waals surface area contributed by atoms with E-state index >= 15 is 0 Å². The lowest BCUT2D eigenvalue weighted by atomic mass is 9.88. The second-order valence-corrected chi connectivity index (χ2v) is 11.9. The second-order valence-electron chi connectivity index (χ2n) is 10.1. The number of hydrogen-bond donors (Lipinski definition) is 1. The van der Waals surface area contributed by atoms with Crippen LogP contribution >= 0.6 is 0 Å². The van der Waals surface area contributed by atoms with E-state index in [-0.39, 0.29) is 24.0 Å². The molecule has 0 saturated heterocycles. The number of likely N-dealkylation sites (N-methyl/N-ethyl adjacent to an activating group) is 1. The van der Waals surface area contributed by atoms with E-state index in [9.17, 15) is 13.2 Å². The van der Waals surface area contributed by atoms with Crippen LogP contribution in [-0.2, 0) is 14.8 Å². The molecule has 9 heteroatoms. The van der Waals surface area contributed by atoms with E-state index in [1.54, 1.807) is 37.3 Å². The van der Waals surface area contributed by atoms with Gasteiger partial charge in [0, 0.05) is 45.9 Å². The van der Waals surface area contributed by atoms with Crippen LogP contribution in [0.3, 0.4) is 0 Å². The Kier molecular flexibility index (Phi) is 9.23. The van der Waals surface area contributed by atoms with Gasteiger partial charge in [0.15, 0.2) is 0 Å². The van der Waals surface area contributed by atoms with E-state index in [1.807, 2.05) is 0 Å². The third kappa shape index (κ3) is 7.33. The average molecular weight is 496 g/mol. The Morgan fingerprint density at radius 2 is 1.85 bits per heavy atom. The minimum atomic E-state index is -3.45. The number of rotatable bonds is 5. The van der Waals surface area contributed by atoms with Gasteiger partial charge in [0.2, 0.25) is 10.0 Å². The van der Waals surface area contributed by atoms with Crippen molar-refractivity contribution in [3.63, 3.8) is 0 Å². The van der Waals surface area contributed by atoms with Gasteiger partial charge < -0.3 is 14.4 Å². The number of hydrogen-bond acceptors (Lipinski definition) is 6. The smallest absolute Gasteiger partial charge is 0.257 e. The van der Waals surface area contributed by atoms with Crippen LogP contribution in [0.1, 0.15) is 56.3 Å². The van der Waals surface area contributed by atoms with Crippen molar-refractivity contribution in [2.45, 2.75) is 58.1 Å². The van der Waals surface area contributed by atoms with Gasteiger partial charge in [-0.25, -0.2) is 8.42 Å². The fourth-order valence-electron chi connectivity index (χ4n) is 5.08. The molecule has 1 heterocycles. The summed E-state index contributed by atoms with van der Waals surface area (Å²) in [7, 11) is 0.0279. The number of nitrogens with zero attached hydrogens (tertiary/aromatic N) is 2. The Morgan fingerprint density at radius 1 is 1.15 bits per heavy atom. The van der Waals surface area contributed by atoms with Crippen LogP contribution < -0.4 is 9.46 Å². The number of nitrogens with one attached hydrogen (secondary N) is 1. The number of methoxy groups -OCH3 is 1. The van der Waals surface area contributed by atoms with Gasteiger partial charge in [-0.3, -0.25) is 14.4 Å². The molecule has 1 aromatic carbocycles. The van der Waals surface area contributed by atoms with Crippen molar-refractivity contribution in [3.8, 4) is 5.75 Å². The first kappa shape index (κ1) is 26.8. The number of anilines is 1. The van der Waals surface area contributed by atoms with Crippen LogP contribution in [0.5, 0.6) is 5.75 Å². The molecule has 3 atom stereocenters. The zero-order valence-corrected chi connectivity index (χ0v) is 22.1. The standard InChI is InChI=1S/C25H41N3O5S/c1-18-14-28(15-20-9-7-6-8-10-20)19(2)17-33-23-13-21(26-34(5,30)31)11-12-22(23)25(29)27(3)16-24(18)32-4/h11-13,18-20,24,26H,6-10,14-17H2,1-5H3/t18-,19+,24-/m1/s1. The number of fused-ring (bicyclic) bond motifs is 1. The molecule has 1 aromatic rings. The highest BCUT2D eigenvalue weighted by Gasteiger charge is 2.29. The highest BCUT2D eigenvalue weighted by atomic mass is 32.2. The summed E-state index contributed by atoms with van der Waals surface area (Å²) in [5, 5.41) is 0. The summed E-state index contributed by atoms with van der Waals surface area (Å²) in [6.45, 7) is 7.12. The van der Waals surface area contributed by atoms with E-state index in [0.29, 0.717) is 36.1 Å². The molecule has 8 nitrogen and oxygen atoms in total. The molecule has 0 spiro atoms. The van der Waals surface area contributed by atoms with Crippen molar-refractivity contribution in [1.82, 2.24) is 9.80 Å². The van der Waals surface area contributed by atoms with E-state index in [2.05, 4.69) is 23.5 Å². The molecule has 0 aromatic heterocycles. The van der Waals surface area contributed by atoms with E-state index in [0.717, 1.165) is 19.3 Å². The van der Waals surface area contributed by atoms with Gasteiger partial charge in [-0.1, -0.05) is 26.2 Å². The number of carbonyl (C=O) groups is 1. The minimum absolute atomic E-state index is 0.0926. The lowest BCUT2D eigenvalue weighted by molar-refractivity contribution is 0.00690. The summed E-state index contributed by atoms with van der Waals surface area (Å²) >= 11 is 0. The van der Waals surface area contributed by atoms with Crippen molar-refractivity contribution in [2.75, 3.05) is 51.4 Å². The molecule has 2 aliphatic rings. The lowest BCUT2D eigenvalue weighted by Gasteiger charge is -2.38. The molecule has 1 amide bonds. The first-order valence-corrected chi connectivity index (χ1v) is 14.2. The van der Waals surface area contributed by atoms with E-state index in [4.69, 9.17) is 9.47 Å². The maximum absolute atomic E-state index is 13.3. The van der Waals surface area contributed by atoms with E-state index in [1.165, 1.54) is 32.1 Å². The molecule has 1 saturated carbocycles. The molecule has 0 radical (unpaired) electrons. The third-order valence-corrected chi connectivity index (χ3v) is 7.70. The summed E-state index contributed by atoms with van der Waals surface area (Å²) in [5.74, 6) is 1.14. The Bertz CT molecular complexity index is 932. The van der Waals surface area contributed by atoms with Crippen LogP contribution in [0, 0.1) is 11.8 Å². The first-order valence-electron chi connectivity index (χ1n) is 12.3. The fourth-order valence-corrected chi connectivity index (χ4v) is 5.64. The van der Waals surface area contributed by atoms with Crippen LogP contribution in [0.2, 0.25) is 0 Å². The molecule has 1 aliphatic carbocycles. The number of amides is 1. The first-order chi connectivity index (χ1) is 16.1. The highest BCUT2D eigenvalue weighted by Crippen LogP contribution is 2.29. The number of benzene rings is 1. The molecule has 1 N–H and O–H groups in total. The maximum Gasteiger partial charge on any atom is 0.257 e. The Hall–Kier alpha value is -1.84. The topological polar surface area (TPSA) is 88.2 Å². The zero-order valence-electron chi connectivity index (χ0n) is 21.2. The molecule has 0 unspecified atom stereocenters. The summed E-state index contributed by atoms with van der Waals surface area (Å²) in [6, 6.07) is 4.95. The molecule has 34 heavy (non-hydrogen) atoms. The summed E-state index contributed by atoms with van der Waals surface area (Å²) in [6.07, 6.45) is 7.48. The largest absolute Gasteiger partial charge is 0.491 e. The van der Waals surface area contributed by atoms with Gasteiger partial charge in [-0.2, -0.15) is 0 Å².